The molecular formula is C10H14ClNOS. The van der Waals surface area contributed by atoms with Crippen molar-refractivity contribution in [3.05, 3.63) is 21.3 Å². The monoisotopic (exact) mass is 231 g/mol. The first-order valence-corrected chi connectivity index (χ1v) is 6.13. The first-order chi connectivity index (χ1) is 6.79. The topological polar surface area (TPSA) is 23.5 Å². The summed E-state index contributed by atoms with van der Waals surface area (Å²) in [6.07, 6.45) is 2.32. The van der Waals surface area contributed by atoms with Crippen LogP contribution in [-0.4, -0.2) is 29.2 Å². The van der Waals surface area contributed by atoms with Crippen LogP contribution < -0.4 is 0 Å². The zero-order valence-electron chi connectivity index (χ0n) is 7.95. The van der Waals surface area contributed by atoms with Gasteiger partial charge in [-0.2, -0.15) is 0 Å². The number of thiophene rings is 1. The Balaban J connectivity index is 1.96. The van der Waals surface area contributed by atoms with E-state index in [0.29, 0.717) is 6.04 Å². The van der Waals surface area contributed by atoms with Crippen LogP contribution in [0.4, 0.5) is 0 Å². The predicted octanol–water partition coefficient (Wildman–Crippen LogP) is 2.36. The van der Waals surface area contributed by atoms with Crippen molar-refractivity contribution in [3.63, 3.8) is 0 Å². The molecule has 1 atom stereocenters. The summed E-state index contributed by atoms with van der Waals surface area (Å²) in [6.45, 7) is 2.30. The zero-order chi connectivity index (χ0) is 9.97. The molecule has 0 saturated carbocycles. The average molecular weight is 232 g/mol. The van der Waals surface area contributed by atoms with Gasteiger partial charge >= 0.3 is 0 Å². The van der Waals surface area contributed by atoms with E-state index < -0.39 is 0 Å². The number of aliphatic hydroxyl groups is 1. The minimum atomic E-state index is 0.276. The van der Waals surface area contributed by atoms with Crippen molar-refractivity contribution in [3.8, 4) is 0 Å². The van der Waals surface area contributed by atoms with Gasteiger partial charge in [-0.1, -0.05) is 11.6 Å². The average Bonchev–Trinajstić information content (AvgIpc) is 2.76. The highest BCUT2D eigenvalue weighted by atomic mass is 35.5. The molecule has 0 spiro atoms. The molecule has 1 N–H and O–H groups in total. The van der Waals surface area contributed by atoms with Gasteiger partial charge in [-0.05, 0) is 36.4 Å². The molecule has 1 fully saturated rings. The number of likely N-dealkylation sites (tertiary alicyclic amines) is 1. The zero-order valence-corrected chi connectivity index (χ0v) is 9.52. The third kappa shape index (κ3) is 2.28. The number of aliphatic hydroxyl groups excluding tert-OH is 1. The molecule has 0 bridgehead atoms. The molecule has 0 radical (unpaired) electrons. The van der Waals surface area contributed by atoms with Gasteiger partial charge in [0.2, 0.25) is 0 Å². The number of rotatable bonds is 3. The van der Waals surface area contributed by atoms with Crippen molar-refractivity contribution in [2.24, 2.45) is 0 Å². The van der Waals surface area contributed by atoms with Gasteiger partial charge in [0.1, 0.15) is 0 Å². The lowest BCUT2D eigenvalue weighted by Gasteiger charge is -2.21. The Morgan fingerprint density at radius 3 is 3.14 bits per heavy atom. The van der Waals surface area contributed by atoms with Crippen LogP contribution in [0, 0.1) is 0 Å². The van der Waals surface area contributed by atoms with Gasteiger partial charge in [-0.15, -0.1) is 11.3 Å². The standard InChI is InChI=1S/C10H14ClNOS/c11-10-4-8(7-14-10)5-12-3-1-2-9(12)6-13/h4,7,9,13H,1-3,5-6H2. The summed E-state index contributed by atoms with van der Waals surface area (Å²) in [5, 5.41) is 11.2. The van der Waals surface area contributed by atoms with Crippen molar-refractivity contribution >= 4 is 22.9 Å². The first-order valence-electron chi connectivity index (χ1n) is 4.87. The predicted molar refractivity (Wildman–Crippen MR) is 59.8 cm³/mol. The number of hydrogen-bond acceptors (Lipinski definition) is 3. The lowest BCUT2D eigenvalue weighted by molar-refractivity contribution is 0.154. The third-order valence-corrected chi connectivity index (χ3v) is 3.86. The smallest absolute Gasteiger partial charge is 0.0931 e. The molecule has 1 saturated heterocycles. The maximum atomic E-state index is 9.15. The van der Waals surface area contributed by atoms with Gasteiger partial charge in [0.05, 0.1) is 10.9 Å². The fraction of sp³-hybridized carbons (Fsp3) is 0.600. The highest BCUT2D eigenvalue weighted by Crippen LogP contribution is 2.24. The molecule has 0 amide bonds. The van der Waals surface area contributed by atoms with Crippen LogP contribution in [0.5, 0.6) is 0 Å². The second-order valence-electron chi connectivity index (χ2n) is 3.71. The Morgan fingerprint density at radius 1 is 1.64 bits per heavy atom. The minimum absolute atomic E-state index is 0.276. The fourth-order valence-electron chi connectivity index (χ4n) is 1.97. The van der Waals surface area contributed by atoms with Crippen LogP contribution in [0.1, 0.15) is 18.4 Å². The number of nitrogens with zero attached hydrogens (tertiary/aromatic N) is 1. The van der Waals surface area contributed by atoms with Crippen molar-refractivity contribution in [1.29, 1.82) is 0 Å². The Labute approximate surface area is 93.1 Å². The van der Waals surface area contributed by atoms with E-state index in [1.54, 1.807) is 11.3 Å². The lowest BCUT2D eigenvalue weighted by atomic mass is 10.2. The summed E-state index contributed by atoms with van der Waals surface area (Å²) in [4.78, 5) is 2.33. The van der Waals surface area contributed by atoms with Gasteiger partial charge in [0, 0.05) is 12.6 Å². The van der Waals surface area contributed by atoms with E-state index in [1.165, 1.54) is 12.0 Å². The lowest BCUT2D eigenvalue weighted by Crippen LogP contribution is -2.31. The summed E-state index contributed by atoms with van der Waals surface area (Å²) in [6, 6.07) is 2.37. The summed E-state index contributed by atoms with van der Waals surface area (Å²) in [5.74, 6) is 0. The summed E-state index contributed by atoms with van der Waals surface area (Å²) in [5.41, 5.74) is 1.26. The quantitative estimate of drug-likeness (QED) is 0.864. The van der Waals surface area contributed by atoms with Gasteiger partial charge in [-0.3, -0.25) is 4.90 Å². The highest BCUT2D eigenvalue weighted by molar-refractivity contribution is 7.14. The highest BCUT2D eigenvalue weighted by Gasteiger charge is 2.23. The second kappa shape index (κ2) is 4.62. The Kier molecular flexibility index (Phi) is 3.44. The second-order valence-corrected chi connectivity index (χ2v) is 5.25. The molecule has 1 aliphatic heterocycles. The molecule has 2 nitrogen and oxygen atoms in total. The molecule has 4 heteroatoms. The molecule has 1 aromatic rings. The maximum Gasteiger partial charge on any atom is 0.0931 e. The SMILES string of the molecule is OCC1CCCN1Cc1csc(Cl)c1. The molecule has 1 aromatic heterocycles. The van der Waals surface area contributed by atoms with Crippen molar-refractivity contribution in [2.75, 3.05) is 13.2 Å². The van der Waals surface area contributed by atoms with Gasteiger partial charge in [0.15, 0.2) is 0 Å². The third-order valence-electron chi connectivity index (χ3n) is 2.72. The summed E-state index contributed by atoms with van der Waals surface area (Å²) < 4.78 is 0.847. The van der Waals surface area contributed by atoms with Gasteiger partial charge in [0.25, 0.3) is 0 Å². The van der Waals surface area contributed by atoms with Gasteiger partial charge < -0.3 is 5.11 Å². The van der Waals surface area contributed by atoms with E-state index in [2.05, 4.69) is 10.3 Å². The van der Waals surface area contributed by atoms with Crippen molar-refractivity contribution < 1.29 is 5.11 Å². The Bertz CT molecular complexity index is 302. The van der Waals surface area contributed by atoms with E-state index in [0.717, 1.165) is 23.8 Å². The molecule has 0 aromatic carbocycles. The molecular weight excluding hydrogens is 218 g/mol. The maximum absolute atomic E-state index is 9.15. The largest absolute Gasteiger partial charge is 0.395 e. The van der Waals surface area contributed by atoms with Gasteiger partial charge in [-0.25, -0.2) is 0 Å². The van der Waals surface area contributed by atoms with Crippen LogP contribution in [0.15, 0.2) is 11.4 Å². The summed E-state index contributed by atoms with van der Waals surface area (Å²) in [7, 11) is 0. The minimum Gasteiger partial charge on any atom is -0.395 e. The Morgan fingerprint density at radius 2 is 2.50 bits per heavy atom. The summed E-state index contributed by atoms with van der Waals surface area (Å²) >= 11 is 7.44. The molecule has 2 rings (SSSR count). The molecule has 1 aliphatic rings. The van der Waals surface area contributed by atoms with E-state index in [9.17, 15) is 0 Å². The van der Waals surface area contributed by atoms with Crippen molar-refractivity contribution in [1.82, 2.24) is 4.90 Å². The van der Waals surface area contributed by atoms with E-state index in [1.807, 2.05) is 6.07 Å². The fourth-order valence-corrected chi connectivity index (χ4v) is 2.87. The Hall–Kier alpha value is -0.0900. The molecule has 14 heavy (non-hydrogen) atoms. The van der Waals surface area contributed by atoms with E-state index in [4.69, 9.17) is 16.7 Å². The van der Waals surface area contributed by atoms with Crippen LogP contribution in [0.3, 0.4) is 0 Å². The van der Waals surface area contributed by atoms with E-state index >= 15 is 0 Å². The normalized spacial score (nSPS) is 23.1. The first kappa shape index (κ1) is 10.4. The molecule has 78 valence electrons. The van der Waals surface area contributed by atoms with Crippen LogP contribution in [-0.2, 0) is 6.54 Å². The molecule has 1 unspecified atom stereocenters. The van der Waals surface area contributed by atoms with Crippen molar-refractivity contribution in [2.45, 2.75) is 25.4 Å². The molecule has 0 aliphatic carbocycles. The van der Waals surface area contributed by atoms with Crippen LogP contribution in [0.25, 0.3) is 0 Å². The number of halogens is 1. The van der Waals surface area contributed by atoms with Crippen LogP contribution in [0.2, 0.25) is 4.34 Å². The number of hydrogen-bond donors (Lipinski definition) is 1. The van der Waals surface area contributed by atoms with Crippen LogP contribution >= 0.6 is 22.9 Å². The van der Waals surface area contributed by atoms with E-state index in [-0.39, 0.29) is 6.61 Å². The molecule has 2 heterocycles.